The summed E-state index contributed by atoms with van der Waals surface area (Å²) < 4.78 is 22.3. The van der Waals surface area contributed by atoms with Crippen molar-refractivity contribution in [2.75, 3.05) is 6.61 Å². The van der Waals surface area contributed by atoms with Crippen LogP contribution in [0.2, 0.25) is 0 Å². The molecule has 1 fully saturated rings. The van der Waals surface area contributed by atoms with Gasteiger partial charge in [-0.3, -0.25) is 0 Å². The summed E-state index contributed by atoms with van der Waals surface area (Å²) in [5, 5.41) is 0. The molecule has 7 nitrogen and oxygen atoms in total. The van der Waals surface area contributed by atoms with Crippen molar-refractivity contribution in [2.45, 2.75) is 23.9 Å². The second-order valence-electron chi connectivity index (χ2n) is 7.46. The number of alkyl halides is 1. The second-order valence-corrected chi connectivity index (χ2v) is 7.89. The number of esters is 3. The van der Waals surface area contributed by atoms with Crippen LogP contribution >= 0.6 is 11.6 Å². The van der Waals surface area contributed by atoms with Crippen molar-refractivity contribution in [1.29, 1.82) is 0 Å². The number of carbonyl (C=O) groups excluding carboxylic acids is 3. The van der Waals surface area contributed by atoms with Gasteiger partial charge >= 0.3 is 17.9 Å². The predicted octanol–water partition coefficient (Wildman–Crippen LogP) is 4.26. The lowest BCUT2D eigenvalue weighted by Crippen LogP contribution is -2.41. The summed E-state index contributed by atoms with van der Waals surface area (Å²) in [5.74, 6) is -1.88. The van der Waals surface area contributed by atoms with Crippen LogP contribution in [0.4, 0.5) is 0 Å². The predicted molar refractivity (Wildman–Crippen MR) is 123 cm³/mol. The fraction of sp³-hybridized carbons (Fsp3) is 0.192. The first kappa shape index (κ1) is 23.5. The number of ether oxygens (including phenoxy) is 4. The first-order valence-corrected chi connectivity index (χ1v) is 11.0. The van der Waals surface area contributed by atoms with Crippen molar-refractivity contribution in [3.05, 3.63) is 108 Å². The monoisotopic (exact) mass is 480 g/mol. The molecule has 34 heavy (non-hydrogen) atoms. The minimum Gasteiger partial charge on any atom is -0.459 e. The quantitative estimate of drug-likeness (QED) is 0.283. The lowest BCUT2D eigenvalue weighted by molar-refractivity contribution is -0.0435. The molecule has 8 heteroatoms. The standard InChI is InChI=1S/C26H21ClO7/c27-23-22(34-26(30)19-14-8-3-9-15-19)21(33-25(29)18-12-6-2-7-13-18)20(32-23)16-31-24(28)17-10-4-1-5-11-17/h1-15,20-23H,16H2/t20-,21-,22+,23?/m1/s1. The molecule has 0 N–H and O–H groups in total. The largest absolute Gasteiger partial charge is 0.459 e. The topological polar surface area (TPSA) is 88.1 Å². The summed E-state index contributed by atoms with van der Waals surface area (Å²) in [6, 6.07) is 25.1. The van der Waals surface area contributed by atoms with Gasteiger partial charge in [0.1, 0.15) is 12.7 Å². The number of halogens is 1. The molecule has 4 atom stereocenters. The highest BCUT2D eigenvalue weighted by Gasteiger charge is 2.49. The Morgan fingerprint density at radius 1 is 0.647 bits per heavy atom. The summed E-state index contributed by atoms with van der Waals surface area (Å²) in [5.41, 5.74) is -0.165. The Kier molecular flexibility index (Phi) is 7.57. The fourth-order valence-corrected chi connectivity index (χ4v) is 3.75. The van der Waals surface area contributed by atoms with Crippen LogP contribution in [0.5, 0.6) is 0 Å². The van der Waals surface area contributed by atoms with Crippen molar-refractivity contribution >= 4 is 29.5 Å². The number of hydrogen-bond acceptors (Lipinski definition) is 7. The van der Waals surface area contributed by atoms with E-state index in [0.29, 0.717) is 16.7 Å². The number of benzene rings is 3. The lowest BCUT2D eigenvalue weighted by atomic mass is 10.1. The highest BCUT2D eigenvalue weighted by molar-refractivity contribution is 6.20. The van der Waals surface area contributed by atoms with Crippen molar-refractivity contribution in [3.63, 3.8) is 0 Å². The van der Waals surface area contributed by atoms with Crippen LogP contribution in [-0.2, 0) is 18.9 Å². The summed E-state index contributed by atoms with van der Waals surface area (Å²) in [4.78, 5) is 37.8. The van der Waals surface area contributed by atoms with Gasteiger partial charge in [-0.25, -0.2) is 14.4 Å². The Balaban J connectivity index is 1.51. The molecular formula is C26H21ClO7. The summed E-state index contributed by atoms with van der Waals surface area (Å²) >= 11 is 6.33. The van der Waals surface area contributed by atoms with E-state index in [1.807, 2.05) is 0 Å². The van der Waals surface area contributed by atoms with Gasteiger partial charge in [-0.1, -0.05) is 66.2 Å². The molecule has 0 saturated carbocycles. The van der Waals surface area contributed by atoms with Gasteiger partial charge in [0.25, 0.3) is 0 Å². The van der Waals surface area contributed by atoms with E-state index in [9.17, 15) is 14.4 Å². The molecule has 0 aliphatic carbocycles. The first-order valence-electron chi connectivity index (χ1n) is 10.6. The number of hydrogen-bond donors (Lipinski definition) is 0. The summed E-state index contributed by atoms with van der Waals surface area (Å²) in [6.07, 6.45) is -3.18. The van der Waals surface area contributed by atoms with Crippen LogP contribution in [0, 0.1) is 0 Å². The third-order valence-corrected chi connectivity index (χ3v) is 5.50. The van der Waals surface area contributed by atoms with Crippen molar-refractivity contribution in [2.24, 2.45) is 0 Å². The minimum atomic E-state index is -1.12. The van der Waals surface area contributed by atoms with Crippen LogP contribution in [0.15, 0.2) is 91.0 Å². The van der Waals surface area contributed by atoms with E-state index >= 15 is 0 Å². The van der Waals surface area contributed by atoms with E-state index in [1.165, 1.54) is 0 Å². The summed E-state index contributed by atoms with van der Waals surface area (Å²) in [6.45, 7) is -0.261. The van der Waals surface area contributed by atoms with E-state index in [0.717, 1.165) is 0 Å². The molecule has 174 valence electrons. The van der Waals surface area contributed by atoms with Gasteiger partial charge in [-0.05, 0) is 36.4 Å². The molecule has 0 aromatic heterocycles. The van der Waals surface area contributed by atoms with Gasteiger partial charge < -0.3 is 18.9 Å². The van der Waals surface area contributed by atoms with Crippen LogP contribution in [0.1, 0.15) is 31.1 Å². The molecule has 1 aliphatic heterocycles. The molecule has 3 aromatic rings. The van der Waals surface area contributed by atoms with E-state index in [-0.39, 0.29) is 6.61 Å². The Morgan fingerprint density at radius 3 is 1.53 bits per heavy atom. The molecule has 3 aromatic carbocycles. The Bertz CT molecular complexity index is 1120. The smallest absolute Gasteiger partial charge is 0.338 e. The van der Waals surface area contributed by atoms with Crippen LogP contribution in [0.25, 0.3) is 0 Å². The van der Waals surface area contributed by atoms with Gasteiger partial charge in [0.15, 0.2) is 17.8 Å². The fourth-order valence-electron chi connectivity index (χ4n) is 3.43. The molecule has 1 unspecified atom stereocenters. The van der Waals surface area contributed by atoms with Crippen LogP contribution in [-0.4, -0.2) is 48.4 Å². The number of carbonyl (C=O) groups is 3. The molecule has 0 spiro atoms. The second kappa shape index (κ2) is 11.0. The van der Waals surface area contributed by atoms with Crippen molar-refractivity contribution in [3.8, 4) is 0 Å². The van der Waals surface area contributed by atoms with Crippen LogP contribution in [0.3, 0.4) is 0 Å². The maximum atomic E-state index is 12.7. The van der Waals surface area contributed by atoms with E-state index < -0.39 is 41.8 Å². The third kappa shape index (κ3) is 5.62. The van der Waals surface area contributed by atoms with Gasteiger partial charge in [-0.15, -0.1) is 0 Å². The molecule has 4 rings (SSSR count). The molecule has 1 aliphatic rings. The molecule has 1 saturated heterocycles. The minimum absolute atomic E-state index is 0.261. The average molecular weight is 481 g/mol. The molecule has 0 amide bonds. The third-order valence-electron chi connectivity index (χ3n) is 5.15. The normalized spacial score (nSPS) is 21.4. The van der Waals surface area contributed by atoms with Crippen LogP contribution < -0.4 is 0 Å². The van der Waals surface area contributed by atoms with Gasteiger partial charge in [0.2, 0.25) is 0 Å². The number of rotatable bonds is 7. The molecule has 1 heterocycles. The van der Waals surface area contributed by atoms with Gasteiger partial charge in [0, 0.05) is 0 Å². The van der Waals surface area contributed by atoms with E-state index in [4.69, 9.17) is 30.5 Å². The zero-order valence-corrected chi connectivity index (χ0v) is 18.7. The lowest BCUT2D eigenvalue weighted by Gasteiger charge is -2.23. The highest BCUT2D eigenvalue weighted by Crippen LogP contribution is 2.31. The average Bonchev–Trinajstić information content (AvgIpc) is 3.17. The van der Waals surface area contributed by atoms with Crippen molar-refractivity contribution < 1.29 is 33.3 Å². The van der Waals surface area contributed by atoms with Gasteiger partial charge in [0.05, 0.1) is 16.7 Å². The highest BCUT2D eigenvalue weighted by atomic mass is 35.5. The first-order chi connectivity index (χ1) is 16.5. The maximum absolute atomic E-state index is 12.7. The van der Waals surface area contributed by atoms with E-state index in [2.05, 4.69) is 0 Å². The molecular weight excluding hydrogens is 460 g/mol. The van der Waals surface area contributed by atoms with Gasteiger partial charge in [-0.2, -0.15) is 0 Å². The maximum Gasteiger partial charge on any atom is 0.338 e. The SMILES string of the molecule is O=C(OC[C@H]1OC(Cl)[C@@H](OC(=O)c2ccccc2)[C@@H]1OC(=O)c1ccccc1)c1ccccc1. The zero-order valence-electron chi connectivity index (χ0n) is 17.9. The van der Waals surface area contributed by atoms with E-state index in [1.54, 1.807) is 91.0 Å². The molecule has 0 bridgehead atoms. The zero-order chi connectivity index (χ0) is 23.9. The Hall–Kier alpha value is -3.68. The Morgan fingerprint density at radius 2 is 1.06 bits per heavy atom. The van der Waals surface area contributed by atoms with Crippen molar-refractivity contribution in [1.82, 2.24) is 0 Å². The molecule has 0 radical (unpaired) electrons. The Labute approximate surface area is 201 Å². The summed E-state index contributed by atoms with van der Waals surface area (Å²) in [7, 11) is 0.